The zero-order valence-electron chi connectivity index (χ0n) is 18.3. The van der Waals surface area contributed by atoms with Crippen LogP contribution in [-0.2, 0) is 16.9 Å². The minimum atomic E-state index is -1.46. The molecule has 3 N–H and O–H groups in total. The molecule has 1 unspecified atom stereocenters. The van der Waals surface area contributed by atoms with Crippen LogP contribution in [0.5, 0.6) is 5.88 Å². The zero-order chi connectivity index (χ0) is 24.2. The maximum absolute atomic E-state index is 13.7. The highest BCUT2D eigenvalue weighted by Crippen LogP contribution is 2.35. The molecule has 0 aliphatic carbocycles. The molecule has 0 spiro atoms. The Morgan fingerprint density at radius 2 is 1.80 bits per heavy atom. The Hall–Kier alpha value is -4.72. The SMILES string of the molecule is O=C1NC(=O)C(Cn2cc3ccc(F)cc3c2O)(c2ccc(-c3cccc4cnccc34)cc2)N1. The fourth-order valence-electron chi connectivity index (χ4n) is 4.80. The van der Waals surface area contributed by atoms with Crippen molar-refractivity contribution in [1.29, 1.82) is 0 Å². The maximum atomic E-state index is 13.7. The van der Waals surface area contributed by atoms with Crippen LogP contribution >= 0.6 is 0 Å². The van der Waals surface area contributed by atoms with Crippen molar-refractivity contribution >= 4 is 33.5 Å². The molecule has 0 radical (unpaired) electrons. The lowest BCUT2D eigenvalue weighted by Gasteiger charge is -2.27. The van der Waals surface area contributed by atoms with E-state index in [1.54, 1.807) is 36.8 Å². The van der Waals surface area contributed by atoms with E-state index in [0.717, 1.165) is 21.9 Å². The van der Waals surface area contributed by atoms with Crippen molar-refractivity contribution in [2.24, 2.45) is 0 Å². The third-order valence-electron chi connectivity index (χ3n) is 6.54. The molecule has 8 heteroatoms. The number of rotatable bonds is 4. The number of amides is 3. The quantitative estimate of drug-likeness (QED) is 0.341. The van der Waals surface area contributed by atoms with Gasteiger partial charge in [-0.15, -0.1) is 0 Å². The first-order chi connectivity index (χ1) is 16.9. The number of hydrogen-bond acceptors (Lipinski definition) is 4. The predicted octanol–water partition coefficient (Wildman–Crippen LogP) is 4.44. The Morgan fingerprint density at radius 1 is 0.971 bits per heavy atom. The van der Waals surface area contributed by atoms with Crippen molar-refractivity contribution in [3.63, 3.8) is 0 Å². The number of nitrogens with one attached hydrogen (secondary N) is 2. The molecule has 7 nitrogen and oxygen atoms in total. The van der Waals surface area contributed by atoms with Gasteiger partial charge in [-0.25, -0.2) is 9.18 Å². The van der Waals surface area contributed by atoms with Gasteiger partial charge >= 0.3 is 6.03 Å². The summed E-state index contributed by atoms with van der Waals surface area (Å²) in [4.78, 5) is 29.4. The fourth-order valence-corrected chi connectivity index (χ4v) is 4.80. The van der Waals surface area contributed by atoms with Gasteiger partial charge in [-0.1, -0.05) is 42.5 Å². The number of pyridine rings is 1. The van der Waals surface area contributed by atoms with Crippen LogP contribution in [0.4, 0.5) is 9.18 Å². The Kier molecular flexibility index (Phi) is 4.57. The van der Waals surface area contributed by atoms with Gasteiger partial charge in [-0.05, 0) is 46.3 Å². The van der Waals surface area contributed by atoms with Crippen molar-refractivity contribution < 1.29 is 19.1 Å². The number of carbonyl (C=O) groups is 2. The number of fused-ring (bicyclic) bond motifs is 2. The number of nitrogens with zero attached hydrogens (tertiary/aromatic N) is 2. The van der Waals surface area contributed by atoms with Crippen LogP contribution in [0, 0.1) is 5.82 Å². The van der Waals surface area contributed by atoms with E-state index in [1.807, 2.05) is 36.4 Å². The molecule has 35 heavy (non-hydrogen) atoms. The van der Waals surface area contributed by atoms with Gasteiger partial charge < -0.3 is 15.0 Å². The van der Waals surface area contributed by atoms with Gasteiger partial charge in [-0.2, -0.15) is 0 Å². The minimum absolute atomic E-state index is 0.0774. The number of imide groups is 1. The Balaban J connectivity index is 1.43. The topological polar surface area (TPSA) is 96.2 Å². The number of aromatic nitrogens is 2. The highest BCUT2D eigenvalue weighted by atomic mass is 19.1. The largest absolute Gasteiger partial charge is 0.494 e. The third-order valence-corrected chi connectivity index (χ3v) is 6.54. The van der Waals surface area contributed by atoms with Crippen LogP contribution in [0.2, 0.25) is 0 Å². The number of urea groups is 1. The van der Waals surface area contributed by atoms with Crippen molar-refractivity contribution in [2.45, 2.75) is 12.1 Å². The average molecular weight is 466 g/mol. The molecule has 0 bridgehead atoms. The third kappa shape index (κ3) is 3.30. The first-order valence-electron chi connectivity index (χ1n) is 11.0. The molecular formula is C27H19FN4O3. The highest BCUT2D eigenvalue weighted by Gasteiger charge is 2.48. The second-order valence-electron chi connectivity index (χ2n) is 8.61. The second-order valence-corrected chi connectivity index (χ2v) is 8.61. The van der Waals surface area contributed by atoms with E-state index in [9.17, 15) is 19.1 Å². The molecule has 1 aliphatic heterocycles. The van der Waals surface area contributed by atoms with Gasteiger partial charge in [0, 0.05) is 34.7 Å². The van der Waals surface area contributed by atoms with E-state index in [4.69, 9.17) is 0 Å². The van der Waals surface area contributed by atoms with Crippen molar-refractivity contribution in [3.8, 4) is 17.0 Å². The molecule has 3 amide bonds. The molecular weight excluding hydrogens is 447 g/mol. The van der Waals surface area contributed by atoms with E-state index in [1.165, 1.54) is 16.7 Å². The smallest absolute Gasteiger partial charge is 0.322 e. The number of hydrogen-bond donors (Lipinski definition) is 3. The van der Waals surface area contributed by atoms with E-state index in [-0.39, 0.29) is 12.4 Å². The predicted molar refractivity (Wildman–Crippen MR) is 129 cm³/mol. The summed E-state index contributed by atoms with van der Waals surface area (Å²) in [6, 6.07) is 18.8. The number of halogens is 1. The zero-order valence-corrected chi connectivity index (χ0v) is 18.3. The summed E-state index contributed by atoms with van der Waals surface area (Å²) in [6.07, 6.45) is 5.18. The molecule has 1 atom stereocenters. The summed E-state index contributed by atoms with van der Waals surface area (Å²) in [5.74, 6) is -1.20. The van der Waals surface area contributed by atoms with Gasteiger partial charge in [-0.3, -0.25) is 15.1 Å². The van der Waals surface area contributed by atoms with Crippen LogP contribution in [0.25, 0.3) is 32.7 Å². The Bertz CT molecular complexity index is 1640. The van der Waals surface area contributed by atoms with Gasteiger partial charge in [0.1, 0.15) is 5.82 Å². The number of aromatic hydroxyl groups is 1. The van der Waals surface area contributed by atoms with E-state index in [2.05, 4.69) is 15.6 Å². The van der Waals surface area contributed by atoms with Crippen molar-refractivity contribution in [1.82, 2.24) is 20.2 Å². The molecule has 0 saturated carbocycles. The Morgan fingerprint density at radius 3 is 2.57 bits per heavy atom. The van der Waals surface area contributed by atoms with Gasteiger partial charge in [0.15, 0.2) is 11.4 Å². The molecule has 3 aromatic carbocycles. The summed E-state index contributed by atoms with van der Waals surface area (Å²) in [5, 5.41) is 18.8. The monoisotopic (exact) mass is 466 g/mol. The van der Waals surface area contributed by atoms with Crippen LogP contribution < -0.4 is 10.6 Å². The fraction of sp³-hybridized carbons (Fsp3) is 0.0741. The lowest BCUT2D eigenvalue weighted by atomic mass is 9.88. The number of benzene rings is 3. The first-order valence-corrected chi connectivity index (χ1v) is 11.0. The summed E-state index contributed by atoms with van der Waals surface area (Å²) in [5.41, 5.74) is 1.05. The molecule has 5 aromatic rings. The molecule has 3 heterocycles. The van der Waals surface area contributed by atoms with Gasteiger partial charge in [0.25, 0.3) is 5.91 Å². The van der Waals surface area contributed by atoms with E-state index >= 15 is 0 Å². The molecule has 172 valence electrons. The first kappa shape index (κ1) is 20.9. The minimum Gasteiger partial charge on any atom is -0.494 e. The average Bonchev–Trinajstić information content (AvgIpc) is 3.33. The molecule has 1 saturated heterocycles. The van der Waals surface area contributed by atoms with Gasteiger partial charge in [0.05, 0.1) is 6.54 Å². The number of carbonyl (C=O) groups excluding carboxylic acids is 2. The molecule has 6 rings (SSSR count). The van der Waals surface area contributed by atoms with Gasteiger partial charge in [0.2, 0.25) is 0 Å². The second kappa shape index (κ2) is 7.66. The normalized spacial score (nSPS) is 17.6. The summed E-state index contributed by atoms with van der Waals surface area (Å²) in [7, 11) is 0. The van der Waals surface area contributed by atoms with E-state index < -0.39 is 23.3 Å². The van der Waals surface area contributed by atoms with Crippen molar-refractivity contribution in [2.75, 3.05) is 0 Å². The van der Waals surface area contributed by atoms with Crippen molar-refractivity contribution in [3.05, 3.63) is 96.7 Å². The summed E-state index contributed by atoms with van der Waals surface area (Å²) >= 11 is 0. The molecule has 2 aromatic heterocycles. The summed E-state index contributed by atoms with van der Waals surface area (Å²) < 4.78 is 15.2. The highest BCUT2D eigenvalue weighted by molar-refractivity contribution is 6.07. The van der Waals surface area contributed by atoms with Crippen LogP contribution in [0.3, 0.4) is 0 Å². The summed E-state index contributed by atoms with van der Waals surface area (Å²) in [6.45, 7) is -0.0774. The Labute approximate surface area is 198 Å². The molecule has 1 fully saturated rings. The lowest BCUT2D eigenvalue weighted by molar-refractivity contribution is -0.124. The van der Waals surface area contributed by atoms with Crippen LogP contribution in [0.1, 0.15) is 5.56 Å². The standard InChI is InChI=1S/C27H19FN4O3/c28-20-9-6-18-14-32(24(33)23(18)12-20)15-27(25(34)30-26(35)31-27)19-7-4-16(5-8-19)21-3-1-2-17-13-29-11-10-22(17)21/h1-14,33H,15H2,(H2,30,31,34,35). The van der Waals surface area contributed by atoms with Crippen LogP contribution in [0.15, 0.2) is 85.3 Å². The lowest BCUT2D eigenvalue weighted by Crippen LogP contribution is -2.47. The van der Waals surface area contributed by atoms with E-state index in [0.29, 0.717) is 16.3 Å². The molecule has 1 aliphatic rings. The van der Waals surface area contributed by atoms with Crippen LogP contribution in [-0.4, -0.2) is 26.6 Å². The maximum Gasteiger partial charge on any atom is 0.322 e.